The number of halogens is 2. The van der Waals surface area contributed by atoms with E-state index in [1.54, 1.807) is 22.7 Å². The van der Waals surface area contributed by atoms with Crippen molar-refractivity contribution in [2.45, 2.75) is 113 Å². The van der Waals surface area contributed by atoms with Gasteiger partial charge in [0.05, 0.1) is 36.1 Å². The Balaban J connectivity index is 0.000000154. The van der Waals surface area contributed by atoms with E-state index >= 15 is 0 Å². The van der Waals surface area contributed by atoms with Gasteiger partial charge in [0.2, 0.25) is 0 Å². The summed E-state index contributed by atoms with van der Waals surface area (Å²) in [6, 6.07) is 0.700. The van der Waals surface area contributed by atoms with E-state index < -0.39 is 0 Å². The van der Waals surface area contributed by atoms with Crippen LogP contribution in [-0.2, 0) is 4.74 Å². The second-order valence-electron chi connectivity index (χ2n) is 10.1. The van der Waals surface area contributed by atoms with Gasteiger partial charge in [0.25, 0.3) is 0 Å². The van der Waals surface area contributed by atoms with Crippen LogP contribution in [0.15, 0.2) is 20.0 Å². The van der Waals surface area contributed by atoms with E-state index in [0.717, 1.165) is 71.8 Å². The quantitative estimate of drug-likeness (QED) is 0.330. The number of nitrogens with one attached hydrogen (secondary N) is 1. The van der Waals surface area contributed by atoms with Crippen LogP contribution < -0.4 is 11.1 Å². The lowest BCUT2D eigenvalue weighted by molar-refractivity contribution is 0.132. The van der Waals surface area contributed by atoms with E-state index in [9.17, 15) is 4.79 Å². The van der Waals surface area contributed by atoms with Gasteiger partial charge in [-0.15, -0.1) is 22.7 Å². The van der Waals surface area contributed by atoms with Gasteiger partial charge in [0.15, 0.2) is 0 Å². The Labute approximate surface area is 238 Å². The highest BCUT2D eigenvalue weighted by Gasteiger charge is 2.29. The number of ether oxygens (including phenoxy) is 1. The van der Waals surface area contributed by atoms with E-state index in [1.165, 1.54) is 22.9 Å². The SMILES string of the molecule is NC1CCC(c2ncc(Br)s2)CC1.O=C(NC1CCC(c2ncc(Br)s2)CC1)OC1CC1.OC1CC1. The van der Waals surface area contributed by atoms with E-state index in [4.69, 9.17) is 15.6 Å². The molecule has 2 aromatic rings. The van der Waals surface area contributed by atoms with Crippen molar-refractivity contribution in [3.63, 3.8) is 0 Å². The maximum absolute atomic E-state index is 11.6. The molecule has 4 aliphatic carbocycles. The minimum Gasteiger partial charge on any atom is -0.446 e. The maximum Gasteiger partial charge on any atom is 0.407 e. The number of rotatable bonds is 4. The zero-order valence-electron chi connectivity index (χ0n) is 20.4. The molecule has 0 radical (unpaired) electrons. The fourth-order valence-corrected chi connectivity index (χ4v) is 7.20. The molecule has 2 heterocycles. The maximum atomic E-state index is 11.6. The Morgan fingerprint density at radius 1 is 0.861 bits per heavy atom. The molecule has 36 heavy (non-hydrogen) atoms. The molecule has 11 heteroatoms. The number of aromatic nitrogens is 2. The summed E-state index contributed by atoms with van der Waals surface area (Å²) >= 11 is 10.4. The molecule has 2 aromatic heterocycles. The smallest absolute Gasteiger partial charge is 0.407 e. The largest absolute Gasteiger partial charge is 0.446 e. The van der Waals surface area contributed by atoms with Gasteiger partial charge in [0, 0.05) is 23.9 Å². The van der Waals surface area contributed by atoms with Crippen molar-refractivity contribution in [2.75, 3.05) is 0 Å². The summed E-state index contributed by atoms with van der Waals surface area (Å²) in [7, 11) is 0. The number of aliphatic hydroxyl groups excluding tert-OH is 1. The first kappa shape index (κ1) is 28.4. The molecule has 4 saturated carbocycles. The highest BCUT2D eigenvalue weighted by atomic mass is 79.9. The predicted octanol–water partition coefficient (Wildman–Crippen LogP) is 6.85. The van der Waals surface area contributed by atoms with E-state index in [-0.39, 0.29) is 24.3 Å². The lowest BCUT2D eigenvalue weighted by atomic mass is 9.86. The zero-order chi connectivity index (χ0) is 25.5. The van der Waals surface area contributed by atoms with Crippen molar-refractivity contribution >= 4 is 60.6 Å². The minimum absolute atomic E-state index is 0.0833. The molecule has 0 bridgehead atoms. The molecule has 0 saturated heterocycles. The van der Waals surface area contributed by atoms with E-state index in [2.05, 4.69) is 47.1 Å². The minimum atomic E-state index is -0.233. The Hall–Kier alpha value is -0.590. The van der Waals surface area contributed by atoms with Crippen LogP contribution in [-0.4, -0.2) is 45.5 Å². The molecule has 0 aromatic carbocycles. The number of aliphatic hydroxyl groups is 1. The molecule has 0 aliphatic heterocycles. The van der Waals surface area contributed by atoms with Crippen molar-refractivity contribution in [3.8, 4) is 0 Å². The third-order valence-electron chi connectivity index (χ3n) is 6.86. The van der Waals surface area contributed by atoms with Gasteiger partial charge in [-0.3, -0.25) is 0 Å². The van der Waals surface area contributed by atoms with Crippen molar-refractivity contribution in [3.05, 3.63) is 30.0 Å². The molecule has 0 spiro atoms. The second kappa shape index (κ2) is 14.0. The van der Waals surface area contributed by atoms with Gasteiger partial charge < -0.3 is 20.9 Å². The summed E-state index contributed by atoms with van der Waals surface area (Å²) in [6.45, 7) is 0. The highest BCUT2D eigenvalue weighted by molar-refractivity contribution is 9.11. The first-order chi connectivity index (χ1) is 17.4. The average Bonchev–Trinajstić information content (AvgIpc) is 3.76. The topological polar surface area (TPSA) is 110 Å². The second-order valence-corrected chi connectivity index (χ2v) is 15.0. The third kappa shape index (κ3) is 9.94. The molecule has 4 aliphatic rings. The van der Waals surface area contributed by atoms with Gasteiger partial charge in [0.1, 0.15) is 6.10 Å². The first-order valence-corrected chi connectivity index (χ1v) is 16.2. The Morgan fingerprint density at radius 3 is 1.72 bits per heavy atom. The van der Waals surface area contributed by atoms with Crippen molar-refractivity contribution in [1.82, 2.24) is 15.3 Å². The predicted molar refractivity (Wildman–Crippen MR) is 152 cm³/mol. The van der Waals surface area contributed by atoms with Crippen LogP contribution in [0, 0.1) is 0 Å². The van der Waals surface area contributed by atoms with Crippen LogP contribution in [0.4, 0.5) is 4.79 Å². The fourth-order valence-electron chi connectivity index (χ4n) is 4.37. The van der Waals surface area contributed by atoms with Crippen LogP contribution >= 0.6 is 54.5 Å². The summed E-state index contributed by atoms with van der Waals surface area (Å²) in [5.41, 5.74) is 5.85. The van der Waals surface area contributed by atoms with Gasteiger partial charge in [-0.2, -0.15) is 0 Å². The number of thiazole rings is 2. The molecule has 4 fully saturated rings. The zero-order valence-corrected chi connectivity index (χ0v) is 25.2. The molecular weight excluding hydrogens is 628 g/mol. The number of amides is 1. The van der Waals surface area contributed by atoms with Crippen LogP contribution in [0.2, 0.25) is 0 Å². The van der Waals surface area contributed by atoms with E-state index in [1.807, 2.05) is 12.4 Å². The summed E-state index contributed by atoms with van der Waals surface area (Å²) in [4.78, 5) is 20.4. The molecule has 6 rings (SSSR count). The molecule has 200 valence electrons. The molecule has 0 atom stereocenters. The van der Waals surface area contributed by atoms with Gasteiger partial charge in [-0.1, -0.05) is 0 Å². The summed E-state index contributed by atoms with van der Waals surface area (Å²) in [5.74, 6) is 1.21. The van der Waals surface area contributed by atoms with Crippen LogP contribution in [0.25, 0.3) is 0 Å². The highest BCUT2D eigenvalue weighted by Crippen LogP contribution is 2.37. The fraction of sp³-hybridized carbons (Fsp3) is 0.720. The summed E-state index contributed by atoms with van der Waals surface area (Å²) in [5, 5.41) is 13.6. The number of alkyl carbamates (subject to hydrolysis) is 1. The molecular formula is C25H36Br2N4O3S2. The molecule has 4 N–H and O–H groups in total. The Morgan fingerprint density at radius 2 is 1.33 bits per heavy atom. The summed E-state index contributed by atoms with van der Waals surface area (Å²) in [6.07, 6.45) is 16.9. The first-order valence-electron chi connectivity index (χ1n) is 13.0. The number of nitrogens with zero attached hydrogens (tertiary/aromatic N) is 2. The van der Waals surface area contributed by atoms with Gasteiger partial charge in [-0.25, -0.2) is 14.8 Å². The van der Waals surface area contributed by atoms with Crippen molar-refractivity contribution in [2.24, 2.45) is 5.73 Å². The Bertz CT molecular complexity index is 951. The molecule has 7 nitrogen and oxygen atoms in total. The van der Waals surface area contributed by atoms with Crippen LogP contribution in [0.1, 0.15) is 98.9 Å². The van der Waals surface area contributed by atoms with E-state index in [0.29, 0.717) is 17.9 Å². The lowest BCUT2D eigenvalue weighted by Crippen LogP contribution is -2.38. The number of nitrogens with two attached hydrogens (primary N) is 1. The van der Waals surface area contributed by atoms with Crippen molar-refractivity contribution in [1.29, 1.82) is 0 Å². The monoisotopic (exact) mass is 662 g/mol. The molecule has 0 unspecified atom stereocenters. The summed E-state index contributed by atoms with van der Waals surface area (Å²) < 4.78 is 7.44. The van der Waals surface area contributed by atoms with Crippen LogP contribution in [0.5, 0.6) is 0 Å². The van der Waals surface area contributed by atoms with Crippen molar-refractivity contribution < 1.29 is 14.6 Å². The normalized spacial score (nSPS) is 27.7. The third-order valence-corrected chi connectivity index (χ3v) is 10.1. The Kier molecular flexibility index (Phi) is 11.0. The number of carbonyl (C=O) groups is 1. The van der Waals surface area contributed by atoms with Gasteiger partial charge >= 0.3 is 6.09 Å². The number of carbonyl (C=O) groups excluding carboxylic acids is 1. The van der Waals surface area contributed by atoms with Crippen LogP contribution in [0.3, 0.4) is 0 Å². The average molecular weight is 665 g/mol. The number of hydrogen-bond acceptors (Lipinski definition) is 8. The lowest BCUT2D eigenvalue weighted by Gasteiger charge is -2.27. The molecule has 1 amide bonds. The van der Waals surface area contributed by atoms with Gasteiger partial charge in [-0.05, 0) is 109 Å². The number of hydrogen-bond donors (Lipinski definition) is 3. The standard InChI is InChI=1S/C13H17BrN2O2S.C9H13BrN2S.C3H6O/c14-11-7-15-12(19-11)8-1-3-9(4-2-8)16-13(17)18-10-5-6-10;10-8-5-12-9(13-8)6-1-3-7(11)4-2-6;4-3-1-2-3/h7-10H,1-6H2,(H,16,17);5-7H,1-4,11H2;3-4H,1-2H2.